The highest BCUT2D eigenvalue weighted by Crippen LogP contribution is 2.29. The molecule has 2 heteroatoms. The third-order valence-corrected chi connectivity index (χ3v) is 5.15. The lowest BCUT2D eigenvalue weighted by Gasteiger charge is -2.10. The summed E-state index contributed by atoms with van der Waals surface area (Å²) in [4.78, 5) is 5.00. The largest absolute Gasteiger partial charge is 0.246 e. The van der Waals surface area contributed by atoms with E-state index in [1.165, 1.54) is 6.38 Å². The van der Waals surface area contributed by atoms with Crippen LogP contribution in [0.5, 0.6) is 0 Å². The van der Waals surface area contributed by atoms with E-state index < -0.39 is 0 Å². The Bertz CT molecular complexity index is 1500. The summed E-state index contributed by atoms with van der Waals surface area (Å²) >= 11 is 4.64. The number of pyridine rings is 1. The van der Waals surface area contributed by atoms with Crippen LogP contribution in [0.25, 0.3) is 22.2 Å². The number of nitrogens with zero attached hydrogens (tertiary/aromatic N) is 1. The number of fused-ring (bicyclic) bond motifs is 1. The fraction of sp³-hybridized carbons (Fsp3) is 0.0312. The second kappa shape index (κ2) is 11.5. The number of hydrogen-bond donors (Lipinski definition) is 0. The molecule has 4 aromatic carbocycles. The molecule has 0 bridgehead atoms. The molecule has 34 heavy (non-hydrogen) atoms. The second-order valence-corrected chi connectivity index (χ2v) is 7.33. The summed E-state index contributed by atoms with van der Waals surface area (Å²) in [5.74, 6) is 13.5. The van der Waals surface area contributed by atoms with E-state index >= 15 is 0 Å². The number of rotatable bonds is 1. The van der Waals surface area contributed by atoms with Crippen molar-refractivity contribution in [2.45, 2.75) is 0 Å². The standard InChI is InChI=1S/C31H19N.CH3Cl/c1-4-12-24(13-5-1)20-22-27-28-18-10-11-19-30(28)32-31(26-16-8-3-9-17-26)29(27)23-21-25-14-6-2-7-15-25;1-2/h1-19H;1H3. The zero-order valence-electron chi connectivity index (χ0n) is 18.8. The normalized spacial score (nSPS) is 9.59. The molecule has 0 fully saturated rings. The van der Waals surface area contributed by atoms with Gasteiger partial charge in [-0.1, -0.05) is 109 Å². The van der Waals surface area contributed by atoms with E-state index in [1.54, 1.807) is 0 Å². The molecule has 5 aromatic rings. The van der Waals surface area contributed by atoms with Crippen molar-refractivity contribution in [1.29, 1.82) is 0 Å². The fourth-order valence-corrected chi connectivity index (χ4v) is 3.58. The molecule has 0 atom stereocenters. The molecule has 0 N–H and O–H groups in total. The van der Waals surface area contributed by atoms with E-state index in [0.717, 1.165) is 44.4 Å². The lowest BCUT2D eigenvalue weighted by atomic mass is 9.96. The maximum atomic E-state index is 5.00. The van der Waals surface area contributed by atoms with Gasteiger partial charge in [0.15, 0.2) is 0 Å². The van der Waals surface area contributed by atoms with Crippen LogP contribution in [-0.4, -0.2) is 11.4 Å². The van der Waals surface area contributed by atoms with E-state index in [9.17, 15) is 0 Å². The summed E-state index contributed by atoms with van der Waals surface area (Å²) in [5, 5.41) is 1.01. The van der Waals surface area contributed by atoms with Crippen molar-refractivity contribution >= 4 is 22.5 Å². The van der Waals surface area contributed by atoms with Crippen LogP contribution in [0.2, 0.25) is 0 Å². The minimum Gasteiger partial charge on any atom is -0.246 e. The number of aromatic nitrogens is 1. The maximum Gasteiger partial charge on any atom is 0.0878 e. The van der Waals surface area contributed by atoms with Gasteiger partial charge in [0.05, 0.1) is 22.3 Å². The molecule has 0 unspecified atom stereocenters. The molecule has 0 amide bonds. The van der Waals surface area contributed by atoms with Gasteiger partial charge in [0, 0.05) is 28.5 Å². The van der Waals surface area contributed by atoms with Crippen LogP contribution in [0.15, 0.2) is 115 Å². The Morgan fingerprint density at radius 1 is 0.500 bits per heavy atom. The molecule has 0 spiro atoms. The molecule has 5 rings (SSSR count). The molecule has 0 saturated heterocycles. The Kier molecular flexibility index (Phi) is 7.76. The van der Waals surface area contributed by atoms with E-state index in [0.29, 0.717) is 0 Å². The van der Waals surface area contributed by atoms with Crippen molar-refractivity contribution < 1.29 is 0 Å². The molecule has 0 aliphatic rings. The van der Waals surface area contributed by atoms with Gasteiger partial charge in [-0.3, -0.25) is 0 Å². The predicted molar refractivity (Wildman–Crippen MR) is 144 cm³/mol. The summed E-state index contributed by atoms with van der Waals surface area (Å²) in [5.41, 5.74) is 6.47. The van der Waals surface area contributed by atoms with Gasteiger partial charge in [0.1, 0.15) is 0 Å². The lowest BCUT2D eigenvalue weighted by Crippen LogP contribution is -1.97. The third-order valence-electron chi connectivity index (χ3n) is 5.15. The minimum atomic E-state index is 0.849. The number of halogens is 1. The molecule has 1 heterocycles. The first-order chi connectivity index (χ1) is 16.9. The molecular weight excluding hydrogens is 434 g/mol. The first-order valence-electron chi connectivity index (χ1n) is 10.9. The average Bonchev–Trinajstić information content (AvgIpc) is 2.93. The first kappa shape index (κ1) is 22.9. The zero-order valence-corrected chi connectivity index (χ0v) is 19.6. The smallest absolute Gasteiger partial charge is 0.0878 e. The molecule has 0 radical (unpaired) electrons. The quantitative estimate of drug-likeness (QED) is 0.188. The van der Waals surface area contributed by atoms with Gasteiger partial charge in [-0.25, -0.2) is 4.98 Å². The van der Waals surface area contributed by atoms with Gasteiger partial charge in [-0.15, -0.1) is 11.6 Å². The lowest BCUT2D eigenvalue weighted by molar-refractivity contribution is 1.37. The van der Waals surface area contributed by atoms with Gasteiger partial charge in [0.2, 0.25) is 0 Å². The van der Waals surface area contributed by atoms with Crippen LogP contribution in [0.3, 0.4) is 0 Å². The Balaban J connectivity index is 0.00000133. The minimum absolute atomic E-state index is 0.849. The average molecular weight is 456 g/mol. The van der Waals surface area contributed by atoms with Crippen LogP contribution in [0, 0.1) is 23.7 Å². The maximum absolute atomic E-state index is 5.00. The summed E-state index contributed by atoms with van der Waals surface area (Å²) in [6.45, 7) is 0. The van der Waals surface area contributed by atoms with Crippen molar-refractivity contribution in [3.8, 4) is 34.9 Å². The predicted octanol–water partition coefficient (Wildman–Crippen LogP) is 7.56. The van der Waals surface area contributed by atoms with E-state index in [4.69, 9.17) is 4.98 Å². The van der Waals surface area contributed by atoms with Crippen molar-refractivity contribution in [3.63, 3.8) is 0 Å². The summed E-state index contributed by atoms with van der Waals surface area (Å²) in [7, 11) is 0. The van der Waals surface area contributed by atoms with Crippen molar-refractivity contribution in [3.05, 3.63) is 138 Å². The van der Waals surface area contributed by atoms with Gasteiger partial charge in [0.25, 0.3) is 0 Å². The molecular formula is C32H22ClN. The first-order valence-corrected chi connectivity index (χ1v) is 11.6. The molecule has 0 aliphatic carbocycles. The summed E-state index contributed by atoms with van der Waals surface area (Å²) in [6.07, 6.45) is 1.47. The SMILES string of the molecule is C(#Cc1c(-c2ccccc2)nc2ccccc2c1C#Cc1ccccc1)c1ccccc1.CCl. The van der Waals surface area contributed by atoms with E-state index in [2.05, 4.69) is 53.5 Å². The Hall–Kier alpha value is -4.30. The molecule has 162 valence electrons. The number of benzene rings is 4. The monoisotopic (exact) mass is 455 g/mol. The Labute approximate surface area is 206 Å². The Morgan fingerprint density at radius 2 is 0.971 bits per heavy atom. The fourth-order valence-electron chi connectivity index (χ4n) is 3.58. The molecule has 0 aliphatic heterocycles. The molecule has 1 nitrogen and oxygen atoms in total. The van der Waals surface area contributed by atoms with Gasteiger partial charge in [-0.2, -0.15) is 0 Å². The van der Waals surface area contributed by atoms with Gasteiger partial charge < -0.3 is 0 Å². The Morgan fingerprint density at radius 3 is 1.56 bits per heavy atom. The van der Waals surface area contributed by atoms with Crippen molar-refractivity contribution in [1.82, 2.24) is 4.98 Å². The highest BCUT2D eigenvalue weighted by Gasteiger charge is 2.14. The topological polar surface area (TPSA) is 12.9 Å². The third kappa shape index (κ3) is 5.36. The number of para-hydroxylation sites is 1. The number of hydrogen-bond acceptors (Lipinski definition) is 1. The van der Waals surface area contributed by atoms with Crippen LogP contribution < -0.4 is 0 Å². The van der Waals surface area contributed by atoms with Crippen LogP contribution in [-0.2, 0) is 0 Å². The van der Waals surface area contributed by atoms with Crippen LogP contribution in [0.4, 0.5) is 0 Å². The second-order valence-electron chi connectivity index (χ2n) is 7.33. The summed E-state index contributed by atoms with van der Waals surface area (Å²) in [6, 6.07) is 38.4. The van der Waals surface area contributed by atoms with Crippen molar-refractivity contribution in [2.24, 2.45) is 0 Å². The van der Waals surface area contributed by atoms with E-state index in [-0.39, 0.29) is 0 Å². The highest BCUT2D eigenvalue weighted by atomic mass is 35.5. The molecule has 0 saturated carbocycles. The van der Waals surface area contributed by atoms with Crippen molar-refractivity contribution in [2.75, 3.05) is 6.38 Å². The zero-order chi connectivity index (χ0) is 23.6. The number of alkyl halides is 1. The highest BCUT2D eigenvalue weighted by molar-refractivity contribution is 6.15. The summed E-state index contributed by atoms with van der Waals surface area (Å²) < 4.78 is 0. The van der Waals surface area contributed by atoms with Gasteiger partial charge in [-0.05, 0) is 30.3 Å². The molecule has 1 aromatic heterocycles. The van der Waals surface area contributed by atoms with Crippen LogP contribution >= 0.6 is 11.6 Å². The van der Waals surface area contributed by atoms with Crippen LogP contribution in [0.1, 0.15) is 22.3 Å². The van der Waals surface area contributed by atoms with Gasteiger partial charge >= 0.3 is 0 Å². The van der Waals surface area contributed by atoms with E-state index in [1.807, 2.05) is 97.1 Å².